The lowest BCUT2D eigenvalue weighted by Crippen LogP contribution is -2.02. The van der Waals surface area contributed by atoms with Crippen LogP contribution >= 0.6 is 31.9 Å². The summed E-state index contributed by atoms with van der Waals surface area (Å²) in [4.78, 5) is 4.25. The molecule has 0 aliphatic heterocycles. The molecular formula is C14H12Br2FN. The van der Waals surface area contributed by atoms with Gasteiger partial charge in [-0.15, -0.1) is 0 Å². The molecule has 0 amide bonds. The van der Waals surface area contributed by atoms with Gasteiger partial charge in [-0.3, -0.25) is 4.98 Å². The summed E-state index contributed by atoms with van der Waals surface area (Å²) in [6.45, 7) is 2.01. The predicted molar refractivity (Wildman–Crippen MR) is 78.4 cm³/mol. The van der Waals surface area contributed by atoms with Gasteiger partial charge in [0.15, 0.2) is 0 Å². The maximum atomic E-state index is 13.8. The normalized spacial score (nSPS) is 12.4. The van der Waals surface area contributed by atoms with Crippen molar-refractivity contribution >= 4 is 31.9 Å². The molecule has 0 aliphatic rings. The van der Waals surface area contributed by atoms with Crippen LogP contribution in [0.15, 0.2) is 41.0 Å². The first-order valence-corrected chi connectivity index (χ1v) is 7.28. The van der Waals surface area contributed by atoms with Crippen LogP contribution in [0.1, 0.15) is 21.6 Å². The largest absolute Gasteiger partial charge is 0.261 e. The van der Waals surface area contributed by atoms with Gasteiger partial charge in [0.1, 0.15) is 5.82 Å². The van der Waals surface area contributed by atoms with E-state index in [1.165, 1.54) is 6.07 Å². The maximum absolute atomic E-state index is 13.8. The fourth-order valence-electron chi connectivity index (χ4n) is 1.77. The highest BCUT2D eigenvalue weighted by Gasteiger charge is 2.15. The molecule has 0 saturated carbocycles. The van der Waals surface area contributed by atoms with Gasteiger partial charge in [0.2, 0.25) is 0 Å². The Morgan fingerprint density at radius 2 is 2.11 bits per heavy atom. The highest BCUT2D eigenvalue weighted by molar-refractivity contribution is 9.10. The molecule has 0 N–H and O–H groups in total. The van der Waals surface area contributed by atoms with E-state index >= 15 is 0 Å². The first-order chi connectivity index (χ1) is 8.58. The van der Waals surface area contributed by atoms with Crippen molar-refractivity contribution in [2.75, 3.05) is 0 Å². The molecule has 1 aromatic heterocycles. The standard InChI is InChI=1S/C14H12Br2FN/c1-9-3-2-6-18-14(9)8-12(16)11-7-10(15)4-5-13(11)17/h2-7,12H,8H2,1H3. The lowest BCUT2D eigenvalue weighted by molar-refractivity contribution is 0.606. The second-order valence-corrected chi connectivity index (χ2v) is 6.13. The molecule has 0 saturated heterocycles. The number of hydrogen-bond donors (Lipinski definition) is 0. The zero-order valence-electron chi connectivity index (χ0n) is 9.83. The molecule has 2 aromatic rings. The number of aryl methyl sites for hydroxylation is 1. The van der Waals surface area contributed by atoms with Crippen molar-refractivity contribution in [3.05, 3.63) is 63.6 Å². The van der Waals surface area contributed by atoms with Gasteiger partial charge in [0.05, 0.1) is 0 Å². The Balaban J connectivity index is 2.25. The van der Waals surface area contributed by atoms with Gasteiger partial charge < -0.3 is 0 Å². The molecule has 0 radical (unpaired) electrons. The van der Waals surface area contributed by atoms with E-state index in [0.717, 1.165) is 15.7 Å². The molecule has 1 heterocycles. The zero-order valence-corrected chi connectivity index (χ0v) is 13.0. The van der Waals surface area contributed by atoms with Crippen LogP contribution in [-0.2, 0) is 6.42 Å². The Kier molecular flexibility index (Phi) is 4.51. The van der Waals surface area contributed by atoms with Crippen molar-refractivity contribution in [2.45, 2.75) is 18.2 Å². The summed E-state index contributed by atoms with van der Waals surface area (Å²) < 4.78 is 14.6. The maximum Gasteiger partial charge on any atom is 0.127 e. The van der Waals surface area contributed by atoms with Crippen LogP contribution < -0.4 is 0 Å². The van der Waals surface area contributed by atoms with E-state index in [0.29, 0.717) is 12.0 Å². The topological polar surface area (TPSA) is 12.9 Å². The molecule has 1 nitrogen and oxygen atoms in total. The Morgan fingerprint density at radius 3 is 2.83 bits per heavy atom. The minimum atomic E-state index is -0.200. The van der Waals surface area contributed by atoms with Gasteiger partial charge in [-0.2, -0.15) is 0 Å². The number of benzene rings is 1. The lowest BCUT2D eigenvalue weighted by Gasteiger charge is -2.12. The van der Waals surface area contributed by atoms with E-state index in [4.69, 9.17) is 0 Å². The summed E-state index contributed by atoms with van der Waals surface area (Å²) >= 11 is 6.90. The van der Waals surface area contributed by atoms with E-state index in [1.807, 2.05) is 19.1 Å². The van der Waals surface area contributed by atoms with Crippen molar-refractivity contribution in [1.82, 2.24) is 4.98 Å². The summed E-state index contributed by atoms with van der Waals surface area (Å²) in [6.07, 6.45) is 2.43. The van der Waals surface area contributed by atoms with Crippen LogP contribution in [0.2, 0.25) is 0 Å². The minimum Gasteiger partial charge on any atom is -0.261 e. The van der Waals surface area contributed by atoms with E-state index < -0.39 is 0 Å². The number of rotatable bonds is 3. The fourth-order valence-corrected chi connectivity index (χ4v) is 2.80. The highest BCUT2D eigenvalue weighted by atomic mass is 79.9. The van der Waals surface area contributed by atoms with Crippen molar-refractivity contribution < 1.29 is 4.39 Å². The van der Waals surface area contributed by atoms with Crippen LogP contribution in [0.25, 0.3) is 0 Å². The summed E-state index contributed by atoms with van der Waals surface area (Å²) in [7, 11) is 0. The first-order valence-electron chi connectivity index (χ1n) is 5.57. The number of aromatic nitrogens is 1. The molecule has 0 aliphatic carbocycles. The molecule has 0 spiro atoms. The van der Waals surface area contributed by atoms with Gasteiger partial charge >= 0.3 is 0 Å². The molecular weight excluding hydrogens is 361 g/mol. The van der Waals surface area contributed by atoms with E-state index in [2.05, 4.69) is 36.8 Å². The number of nitrogens with zero attached hydrogens (tertiary/aromatic N) is 1. The number of halogens is 3. The van der Waals surface area contributed by atoms with E-state index in [9.17, 15) is 4.39 Å². The van der Waals surface area contributed by atoms with Gasteiger partial charge in [-0.25, -0.2) is 4.39 Å². The quantitative estimate of drug-likeness (QED) is 0.693. The summed E-state index contributed by atoms with van der Waals surface area (Å²) in [5.74, 6) is -0.200. The second kappa shape index (κ2) is 5.93. The molecule has 1 aromatic carbocycles. The van der Waals surface area contributed by atoms with Crippen molar-refractivity contribution in [1.29, 1.82) is 0 Å². The predicted octanol–water partition coefficient (Wildman–Crippen LogP) is 4.97. The minimum absolute atomic E-state index is 0.0800. The third kappa shape index (κ3) is 3.18. The SMILES string of the molecule is Cc1cccnc1CC(Br)c1cc(Br)ccc1F. The average Bonchev–Trinajstić information content (AvgIpc) is 2.35. The summed E-state index contributed by atoms with van der Waals surface area (Å²) in [5.41, 5.74) is 2.76. The third-order valence-electron chi connectivity index (χ3n) is 2.79. The lowest BCUT2D eigenvalue weighted by atomic mass is 10.0. The van der Waals surface area contributed by atoms with Crippen molar-refractivity contribution in [3.63, 3.8) is 0 Å². The van der Waals surface area contributed by atoms with Crippen LogP contribution in [0, 0.1) is 12.7 Å². The average molecular weight is 373 g/mol. The van der Waals surface area contributed by atoms with Crippen LogP contribution in [-0.4, -0.2) is 4.98 Å². The highest BCUT2D eigenvalue weighted by Crippen LogP contribution is 2.31. The van der Waals surface area contributed by atoms with Crippen molar-refractivity contribution in [3.8, 4) is 0 Å². The Hall–Kier alpha value is -0.740. The van der Waals surface area contributed by atoms with Crippen molar-refractivity contribution in [2.24, 2.45) is 0 Å². The Morgan fingerprint density at radius 1 is 1.33 bits per heavy atom. The van der Waals surface area contributed by atoms with Gasteiger partial charge in [0, 0.05) is 33.2 Å². The fraction of sp³-hybridized carbons (Fsp3) is 0.214. The Labute approximate surface area is 123 Å². The summed E-state index contributed by atoms with van der Waals surface area (Å²) in [6, 6.07) is 8.89. The van der Waals surface area contributed by atoms with Crippen LogP contribution in [0.5, 0.6) is 0 Å². The van der Waals surface area contributed by atoms with Crippen LogP contribution in [0.3, 0.4) is 0 Å². The molecule has 18 heavy (non-hydrogen) atoms. The molecule has 1 unspecified atom stereocenters. The monoisotopic (exact) mass is 371 g/mol. The van der Waals surface area contributed by atoms with Gasteiger partial charge in [-0.1, -0.05) is 37.9 Å². The molecule has 94 valence electrons. The number of alkyl halides is 1. The smallest absolute Gasteiger partial charge is 0.127 e. The first kappa shape index (κ1) is 13.7. The molecule has 2 rings (SSSR count). The number of hydrogen-bond acceptors (Lipinski definition) is 1. The molecule has 4 heteroatoms. The van der Waals surface area contributed by atoms with Gasteiger partial charge in [0.25, 0.3) is 0 Å². The Bertz CT molecular complexity index is 557. The van der Waals surface area contributed by atoms with E-state index in [1.54, 1.807) is 18.3 Å². The van der Waals surface area contributed by atoms with Crippen LogP contribution in [0.4, 0.5) is 4.39 Å². The second-order valence-electron chi connectivity index (χ2n) is 4.10. The molecule has 0 fully saturated rings. The zero-order chi connectivity index (χ0) is 13.1. The summed E-state index contributed by atoms with van der Waals surface area (Å²) in [5, 5.41) is 0. The van der Waals surface area contributed by atoms with E-state index in [-0.39, 0.29) is 10.6 Å². The molecule has 1 atom stereocenters. The molecule has 0 bridgehead atoms. The number of pyridine rings is 1. The van der Waals surface area contributed by atoms with Gasteiger partial charge in [-0.05, 0) is 36.8 Å². The third-order valence-corrected chi connectivity index (χ3v) is 4.10.